The van der Waals surface area contributed by atoms with Crippen molar-refractivity contribution < 1.29 is 19.2 Å². The largest absolute Gasteiger partial charge is 0.448 e. The van der Waals surface area contributed by atoms with E-state index in [9.17, 15) is 9.59 Å². The maximum absolute atomic E-state index is 13.3. The number of nitrogens with zero attached hydrogens (tertiary/aromatic N) is 3. The van der Waals surface area contributed by atoms with Gasteiger partial charge in [0.2, 0.25) is 5.91 Å². The fourth-order valence-electron chi connectivity index (χ4n) is 3.67. The molecule has 0 atom stereocenters. The molecule has 7 nitrogen and oxygen atoms in total. The quantitative estimate of drug-likeness (QED) is 0.746. The van der Waals surface area contributed by atoms with Gasteiger partial charge in [-0.2, -0.15) is 5.06 Å². The van der Waals surface area contributed by atoms with Gasteiger partial charge in [0.1, 0.15) is 0 Å². The number of hydrogen-bond donors (Lipinski definition) is 0. The summed E-state index contributed by atoms with van der Waals surface area (Å²) in [5.41, 5.74) is 4.68. The van der Waals surface area contributed by atoms with Crippen LogP contribution in [0.3, 0.4) is 0 Å². The Hall–Kier alpha value is -2.12. The number of carbonyl (C=O) groups excluding carboxylic acids is 2. The molecule has 1 fully saturated rings. The molecule has 1 aliphatic rings. The van der Waals surface area contributed by atoms with Gasteiger partial charge in [0.25, 0.3) is 0 Å². The summed E-state index contributed by atoms with van der Waals surface area (Å²) in [6.07, 6.45) is 1.52. The third-order valence-corrected chi connectivity index (χ3v) is 5.11. The van der Waals surface area contributed by atoms with E-state index in [2.05, 4.69) is 32.9 Å². The highest BCUT2D eigenvalue weighted by Gasteiger charge is 2.31. The van der Waals surface area contributed by atoms with Gasteiger partial charge in [-0.05, 0) is 43.4 Å². The number of hydroxylamine groups is 2. The molecule has 0 unspecified atom stereocenters. The van der Waals surface area contributed by atoms with Crippen LogP contribution in [0.25, 0.3) is 0 Å². The van der Waals surface area contributed by atoms with Crippen LogP contribution in [0.15, 0.2) is 12.1 Å². The number of rotatable bonds is 6. The Morgan fingerprint density at radius 3 is 2.04 bits per heavy atom. The Kier molecular flexibility index (Phi) is 8.26. The first-order valence-electron chi connectivity index (χ1n) is 10.1. The minimum Gasteiger partial charge on any atom is -0.448 e. The second-order valence-electron chi connectivity index (χ2n) is 6.90. The van der Waals surface area contributed by atoms with Gasteiger partial charge >= 0.3 is 6.09 Å². The number of benzene rings is 1. The lowest BCUT2D eigenvalue weighted by Crippen LogP contribution is -2.51. The molecule has 0 radical (unpaired) electrons. The van der Waals surface area contributed by atoms with Gasteiger partial charge in [-0.3, -0.25) is 4.79 Å². The number of amides is 2. The summed E-state index contributed by atoms with van der Waals surface area (Å²) in [5.74, 6) is -0.0979. The predicted molar refractivity (Wildman–Crippen MR) is 108 cm³/mol. The molecule has 0 bridgehead atoms. The molecule has 1 aromatic rings. The van der Waals surface area contributed by atoms with Crippen LogP contribution < -0.4 is 0 Å². The number of aryl methyl sites for hydroxylation is 3. The van der Waals surface area contributed by atoms with E-state index in [1.165, 1.54) is 26.7 Å². The number of hydrazine groups is 1. The van der Waals surface area contributed by atoms with Crippen molar-refractivity contribution in [1.82, 2.24) is 15.1 Å². The molecule has 1 aromatic carbocycles. The number of carbonyl (C=O) groups is 2. The summed E-state index contributed by atoms with van der Waals surface area (Å²) in [6.45, 7) is 10.1. The first kappa shape index (κ1) is 22.2. The van der Waals surface area contributed by atoms with Crippen molar-refractivity contribution in [1.29, 1.82) is 0 Å². The van der Waals surface area contributed by atoms with Crippen LogP contribution in [0.2, 0.25) is 0 Å². The van der Waals surface area contributed by atoms with E-state index in [4.69, 9.17) is 9.57 Å². The van der Waals surface area contributed by atoms with Crippen LogP contribution in [-0.2, 0) is 33.6 Å². The molecular formula is C21H33N3O4. The summed E-state index contributed by atoms with van der Waals surface area (Å²) in [5, 5.41) is 4.69. The lowest BCUT2D eigenvalue weighted by atomic mass is 9.92. The molecule has 2 amide bonds. The van der Waals surface area contributed by atoms with Gasteiger partial charge in [0.15, 0.2) is 0 Å². The minimum absolute atomic E-state index is 0.0979. The summed E-state index contributed by atoms with van der Waals surface area (Å²) in [7, 11) is 1.60. The zero-order valence-corrected chi connectivity index (χ0v) is 17.8. The van der Waals surface area contributed by atoms with Crippen LogP contribution in [-0.4, -0.2) is 67.0 Å². The van der Waals surface area contributed by atoms with Crippen molar-refractivity contribution in [2.75, 3.05) is 39.9 Å². The lowest BCUT2D eigenvalue weighted by Gasteiger charge is -2.32. The van der Waals surface area contributed by atoms with Crippen LogP contribution in [0.4, 0.5) is 4.79 Å². The Balaban J connectivity index is 2.30. The van der Waals surface area contributed by atoms with Gasteiger partial charge in [-0.1, -0.05) is 31.5 Å². The van der Waals surface area contributed by atoms with Crippen molar-refractivity contribution in [2.45, 2.75) is 47.0 Å². The molecular weight excluding hydrogens is 358 g/mol. The zero-order chi connectivity index (χ0) is 20.7. The number of hydrogen-bond acceptors (Lipinski definition) is 5. The van der Waals surface area contributed by atoms with Crippen molar-refractivity contribution in [2.24, 2.45) is 0 Å². The monoisotopic (exact) mass is 391 g/mol. The smallest absolute Gasteiger partial charge is 0.428 e. The van der Waals surface area contributed by atoms with E-state index in [0.717, 1.165) is 18.4 Å². The second kappa shape index (κ2) is 10.4. The number of ether oxygens (including phenoxy) is 1. The fourth-order valence-corrected chi connectivity index (χ4v) is 3.67. The Bertz CT molecular complexity index is 667. The normalized spacial score (nSPS) is 15.5. The second-order valence-corrected chi connectivity index (χ2v) is 6.90. The molecule has 0 N–H and O–H groups in total. The average molecular weight is 392 g/mol. The molecule has 0 aliphatic carbocycles. The first-order valence-corrected chi connectivity index (χ1v) is 10.1. The Labute approximate surface area is 168 Å². The molecule has 1 heterocycles. The summed E-state index contributed by atoms with van der Waals surface area (Å²) in [4.78, 5) is 31.0. The molecule has 28 heavy (non-hydrogen) atoms. The fraction of sp³-hybridized carbons (Fsp3) is 0.619. The molecule has 2 rings (SSSR count). The molecule has 1 aliphatic heterocycles. The molecule has 7 heteroatoms. The summed E-state index contributed by atoms with van der Waals surface area (Å²) in [6, 6.07) is 4.31. The molecule has 0 aromatic heterocycles. The van der Waals surface area contributed by atoms with Crippen LogP contribution in [0.5, 0.6) is 0 Å². The van der Waals surface area contributed by atoms with Crippen LogP contribution >= 0.6 is 0 Å². The third-order valence-electron chi connectivity index (χ3n) is 5.11. The standard InChI is InChI=1S/C21H33N3O4/c1-6-17-13-16(4)14-18(7-2)19(17)15-20(25)23-11-9-22(27-5)10-12-24(23)21(26)28-8-3/h13-14H,6-12,15H2,1-5H3. The van der Waals surface area contributed by atoms with Gasteiger partial charge < -0.3 is 9.57 Å². The molecule has 0 saturated carbocycles. The molecule has 0 spiro atoms. The minimum atomic E-state index is -0.496. The summed E-state index contributed by atoms with van der Waals surface area (Å²) >= 11 is 0. The van der Waals surface area contributed by atoms with E-state index in [1.807, 2.05) is 0 Å². The van der Waals surface area contributed by atoms with Gasteiger partial charge in [0.05, 0.1) is 33.2 Å². The van der Waals surface area contributed by atoms with Crippen molar-refractivity contribution in [3.05, 3.63) is 34.4 Å². The van der Waals surface area contributed by atoms with E-state index >= 15 is 0 Å². The van der Waals surface area contributed by atoms with Crippen LogP contribution in [0, 0.1) is 6.92 Å². The van der Waals surface area contributed by atoms with Crippen molar-refractivity contribution in [3.8, 4) is 0 Å². The highest BCUT2D eigenvalue weighted by molar-refractivity contribution is 5.82. The van der Waals surface area contributed by atoms with E-state index in [1.54, 1.807) is 19.1 Å². The van der Waals surface area contributed by atoms with E-state index < -0.39 is 6.09 Å². The maximum Gasteiger partial charge on any atom is 0.428 e. The summed E-state index contributed by atoms with van der Waals surface area (Å²) < 4.78 is 5.18. The van der Waals surface area contributed by atoms with Gasteiger partial charge in [0, 0.05) is 13.1 Å². The predicted octanol–water partition coefficient (Wildman–Crippen LogP) is 2.74. The average Bonchev–Trinajstić information content (AvgIpc) is 2.91. The molecule has 1 saturated heterocycles. The highest BCUT2D eigenvalue weighted by atomic mass is 16.7. The molecule has 156 valence electrons. The topological polar surface area (TPSA) is 62.3 Å². The highest BCUT2D eigenvalue weighted by Crippen LogP contribution is 2.21. The first-order chi connectivity index (χ1) is 13.4. The van der Waals surface area contributed by atoms with Gasteiger partial charge in [-0.25, -0.2) is 14.8 Å². The maximum atomic E-state index is 13.3. The van der Waals surface area contributed by atoms with Crippen LogP contribution in [0.1, 0.15) is 43.0 Å². The van der Waals surface area contributed by atoms with Crippen molar-refractivity contribution in [3.63, 3.8) is 0 Å². The van der Waals surface area contributed by atoms with Crippen molar-refractivity contribution >= 4 is 12.0 Å². The van der Waals surface area contributed by atoms with E-state index in [0.29, 0.717) is 26.2 Å². The van der Waals surface area contributed by atoms with E-state index in [-0.39, 0.29) is 18.9 Å². The third kappa shape index (κ3) is 5.23. The Morgan fingerprint density at radius 2 is 1.54 bits per heavy atom. The lowest BCUT2D eigenvalue weighted by molar-refractivity contribution is -0.145. The zero-order valence-electron chi connectivity index (χ0n) is 17.8. The Morgan fingerprint density at radius 1 is 0.964 bits per heavy atom. The van der Waals surface area contributed by atoms with Gasteiger partial charge in [-0.15, -0.1) is 0 Å². The SMILES string of the molecule is CCOC(=O)N1CCN(OC)CCN1C(=O)Cc1c(CC)cc(C)cc1CC.